The largest absolute Gasteiger partial charge is 0.472 e. The molecule has 0 aromatic carbocycles. The zero-order valence-corrected chi connectivity index (χ0v) is 6.96. The van der Waals surface area contributed by atoms with Crippen molar-refractivity contribution in [3.63, 3.8) is 0 Å². The van der Waals surface area contributed by atoms with Crippen LogP contribution < -0.4 is 10.6 Å². The van der Waals surface area contributed by atoms with Gasteiger partial charge in [0.1, 0.15) is 6.26 Å². The molecule has 4 nitrogen and oxygen atoms in total. The van der Waals surface area contributed by atoms with Gasteiger partial charge < -0.3 is 15.1 Å². The van der Waals surface area contributed by atoms with Gasteiger partial charge in [0, 0.05) is 13.1 Å². The van der Waals surface area contributed by atoms with E-state index in [0.29, 0.717) is 12.1 Å². The van der Waals surface area contributed by atoms with Gasteiger partial charge in [0.05, 0.1) is 11.8 Å². The number of likely N-dealkylation sites (N-methyl/N-ethyl adjacent to an activating group) is 1. The number of amides is 1. The van der Waals surface area contributed by atoms with Gasteiger partial charge in [-0.3, -0.25) is 4.79 Å². The van der Waals surface area contributed by atoms with Crippen molar-refractivity contribution in [2.45, 2.75) is 0 Å². The third-order valence-electron chi connectivity index (χ3n) is 1.44. The molecule has 1 aromatic heterocycles. The lowest BCUT2D eigenvalue weighted by Crippen LogP contribution is -2.30. The average Bonchev–Trinajstić information content (AvgIpc) is 2.56. The molecule has 1 rings (SSSR count). The summed E-state index contributed by atoms with van der Waals surface area (Å²) in [4.78, 5) is 11.2. The molecule has 1 amide bonds. The third-order valence-corrected chi connectivity index (χ3v) is 1.44. The number of carbonyl (C=O) groups is 1. The summed E-state index contributed by atoms with van der Waals surface area (Å²) in [5, 5.41) is 5.65. The summed E-state index contributed by atoms with van der Waals surface area (Å²) in [7, 11) is 1.84. The van der Waals surface area contributed by atoms with Crippen LogP contribution in [0.25, 0.3) is 0 Å². The zero-order chi connectivity index (χ0) is 8.81. The van der Waals surface area contributed by atoms with E-state index in [-0.39, 0.29) is 5.91 Å². The first kappa shape index (κ1) is 8.80. The molecule has 66 valence electrons. The number of rotatable bonds is 4. The number of nitrogens with one attached hydrogen (secondary N) is 2. The molecule has 0 unspecified atom stereocenters. The Labute approximate surface area is 70.9 Å². The van der Waals surface area contributed by atoms with Crippen LogP contribution in [-0.4, -0.2) is 26.0 Å². The van der Waals surface area contributed by atoms with Gasteiger partial charge in [-0.15, -0.1) is 0 Å². The Kier molecular flexibility index (Phi) is 3.35. The van der Waals surface area contributed by atoms with Crippen LogP contribution in [0.15, 0.2) is 23.0 Å². The molecule has 0 bridgehead atoms. The first-order chi connectivity index (χ1) is 5.84. The summed E-state index contributed by atoms with van der Waals surface area (Å²) in [6, 6.07) is 1.63. The summed E-state index contributed by atoms with van der Waals surface area (Å²) in [6.07, 6.45) is 2.90. The summed E-state index contributed by atoms with van der Waals surface area (Å²) in [6.45, 7) is 1.39. The van der Waals surface area contributed by atoms with Crippen LogP contribution in [0.2, 0.25) is 0 Å². The van der Waals surface area contributed by atoms with Crippen molar-refractivity contribution in [1.82, 2.24) is 10.6 Å². The van der Waals surface area contributed by atoms with Crippen molar-refractivity contribution in [2.75, 3.05) is 20.1 Å². The van der Waals surface area contributed by atoms with E-state index < -0.39 is 0 Å². The van der Waals surface area contributed by atoms with Crippen molar-refractivity contribution in [3.8, 4) is 0 Å². The molecular weight excluding hydrogens is 156 g/mol. The minimum Gasteiger partial charge on any atom is -0.472 e. The smallest absolute Gasteiger partial charge is 0.254 e. The highest BCUT2D eigenvalue weighted by atomic mass is 16.3. The van der Waals surface area contributed by atoms with Crippen molar-refractivity contribution >= 4 is 5.91 Å². The Morgan fingerprint density at radius 3 is 3.00 bits per heavy atom. The van der Waals surface area contributed by atoms with Gasteiger partial charge in [-0.1, -0.05) is 0 Å². The molecule has 1 heterocycles. The van der Waals surface area contributed by atoms with E-state index in [1.807, 2.05) is 7.05 Å². The highest BCUT2D eigenvalue weighted by molar-refractivity contribution is 5.93. The molecule has 1 aromatic rings. The molecule has 0 saturated heterocycles. The summed E-state index contributed by atoms with van der Waals surface area (Å²) in [5.74, 6) is -0.0981. The molecular formula is C8H12N2O2. The minimum atomic E-state index is -0.0981. The fourth-order valence-corrected chi connectivity index (χ4v) is 0.797. The molecule has 0 aliphatic rings. The molecule has 0 aliphatic carbocycles. The molecule has 2 N–H and O–H groups in total. The highest BCUT2D eigenvalue weighted by Gasteiger charge is 2.03. The highest BCUT2D eigenvalue weighted by Crippen LogP contribution is 1.98. The summed E-state index contributed by atoms with van der Waals surface area (Å²) < 4.78 is 4.77. The van der Waals surface area contributed by atoms with E-state index >= 15 is 0 Å². The number of carbonyl (C=O) groups excluding carboxylic acids is 1. The van der Waals surface area contributed by atoms with E-state index in [4.69, 9.17) is 4.42 Å². The van der Waals surface area contributed by atoms with Crippen LogP contribution in [0.4, 0.5) is 0 Å². The molecule has 0 fully saturated rings. The van der Waals surface area contributed by atoms with Crippen LogP contribution >= 0.6 is 0 Å². The standard InChI is InChI=1S/C8H12N2O2/c1-9-3-4-10-8(11)7-2-5-12-6-7/h2,5-6,9H,3-4H2,1H3,(H,10,11). The second-order valence-electron chi connectivity index (χ2n) is 2.37. The summed E-state index contributed by atoms with van der Waals surface area (Å²) >= 11 is 0. The second kappa shape index (κ2) is 4.56. The van der Waals surface area contributed by atoms with Crippen molar-refractivity contribution in [1.29, 1.82) is 0 Å². The van der Waals surface area contributed by atoms with Crippen LogP contribution in [0, 0.1) is 0 Å². The van der Waals surface area contributed by atoms with Crippen molar-refractivity contribution in [3.05, 3.63) is 24.2 Å². The van der Waals surface area contributed by atoms with Gasteiger partial charge in [-0.05, 0) is 13.1 Å². The van der Waals surface area contributed by atoms with Crippen LogP contribution in [-0.2, 0) is 0 Å². The quantitative estimate of drug-likeness (QED) is 0.633. The monoisotopic (exact) mass is 168 g/mol. The fraction of sp³-hybridized carbons (Fsp3) is 0.375. The lowest BCUT2D eigenvalue weighted by atomic mass is 10.3. The topological polar surface area (TPSA) is 54.3 Å². The fourth-order valence-electron chi connectivity index (χ4n) is 0.797. The molecule has 0 radical (unpaired) electrons. The Morgan fingerprint density at radius 1 is 1.58 bits per heavy atom. The van der Waals surface area contributed by atoms with E-state index in [1.165, 1.54) is 12.5 Å². The Bertz CT molecular complexity index is 231. The third kappa shape index (κ3) is 2.39. The van der Waals surface area contributed by atoms with Gasteiger partial charge in [0.25, 0.3) is 5.91 Å². The first-order valence-electron chi connectivity index (χ1n) is 3.79. The number of hydrogen-bond donors (Lipinski definition) is 2. The number of furan rings is 1. The predicted molar refractivity (Wildman–Crippen MR) is 45.0 cm³/mol. The lowest BCUT2D eigenvalue weighted by molar-refractivity contribution is 0.0953. The van der Waals surface area contributed by atoms with Crippen molar-refractivity contribution < 1.29 is 9.21 Å². The predicted octanol–water partition coefficient (Wildman–Crippen LogP) is 0.229. The van der Waals surface area contributed by atoms with Gasteiger partial charge in [0.15, 0.2) is 0 Å². The first-order valence-corrected chi connectivity index (χ1v) is 3.79. The molecule has 0 atom stereocenters. The number of hydrogen-bond acceptors (Lipinski definition) is 3. The molecule has 12 heavy (non-hydrogen) atoms. The van der Waals surface area contributed by atoms with E-state index in [0.717, 1.165) is 6.54 Å². The second-order valence-corrected chi connectivity index (χ2v) is 2.37. The molecule has 0 spiro atoms. The zero-order valence-electron chi connectivity index (χ0n) is 6.96. The van der Waals surface area contributed by atoms with Gasteiger partial charge >= 0.3 is 0 Å². The van der Waals surface area contributed by atoms with Crippen LogP contribution in [0.5, 0.6) is 0 Å². The van der Waals surface area contributed by atoms with Crippen LogP contribution in [0.1, 0.15) is 10.4 Å². The van der Waals surface area contributed by atoms with Crippen LogP contribution in [0.3, 0.4) is 0 Å². The normalized spacial score (nSPS) is 9.75. The van der Waals surface area contributed by atoms with Gasteiger partial charge in [0.2, 0.25) is 0 Å². The maximum atomic E-state index is 11.2. The molecule has 0 saturated carbocycles. The molecule has 4 heteroatoms. The van der Waals surface area contributed by atoms with Crippen molar-refractivity contribution in [2.24, 2.45) is 0 Å². The Morgan fingerprint density at radius 2 is 2.42 bits per heavy atom. The Balaban J connectivity index is 2.30. The minimum absolute atomic E-state index is 0.0981. The maximum absolute atomic E-state index is 11.2. The van der Waals surface area contributed by atoms with E-state index in [2.05, 4.69) is 10.6 Å². The van der Waals surface area contributed by atoms with Gasteiger partial charge in [-0.2, -0.15) is 0 Å². The van der Waals surface area contributed by atoms with Gasteiger partial charge in [-0.25, -0.2) is 0 Å². The lowest BCUT2D eigenvalue weighted by Gasteiger charge is -2.01. The SMILES string of the molecule is CNCCNC(=O)c1ccoc1. The Hall–Kier alpha value is -1.29. The average molecular weight is 168 g/mol. The van der Waals surface area contributed by atoms with E-state index in [1.54, 1.807) is 6.07 Å². The maximum Gasteiger partial charge on any atom is 0.254 e. The molecule has 0 aliphatic heterocycles. The van der Waals surface area contributed by atoms with E-state index in [9.17, 15) is 4.79 Å². The summed E-state index contributed by atoms with van der Waals surface area (Å²) in [5.41, 5.74) is 0.561.